The van der Waals surface area contributed by atoms with Gasteiger partial charge in [0.2, 0.25) is 0 Å². The lowest BCUT2D eigenvalue weighted by Gasteiger charge is -2.26. The summed E-state index contributed by atoms with van der Waals surface area (Å²) in [6.45, 7) is 4.22. The fourth-order valence-electron chi connectivity index (χ4n) is 2.92. The van der Waals surface area contributed by atoms with Gasteiger partial charge in [0, 0.05) is 26.2 Å². The Morgan fingerprint density at radius 1 is 1.10 bits per heavy atom. The third-order valence-corrected chi connectivity index (χ3v) is 4.41. The Morgan fingerprint density at radius 3 is 2.48 bits per heavy atom. The number of nitrogens with zero attached hydrogens (tertiary/aromatic N) is 1. The zero-order valence-electron chi connectivity index (χ0n) is 16.9. The van der Waals surface area contributed by atoms with Crippen LogP contribution in [-0.2, 0) is 22.7 Å². The minimum atomic E-state index is -1.10. The van der Waals surface area contributed by atoms with Crippen LogP contribution >= 0.6 is 0 Å². The van der Waals surface area contributed by atoms with E-state index in [9.17, 15) is 14.7 Å². The number of amides is 1. The fourth-order valence-corrected chi connectivity index (χ4v) is 2.92. The number of carboxylic acid groups (broad SMARTS) is 1. The van der Waals surface area contributed by atoms with Crippen molar-refractivity contribution in [2.24, 2.45) is 0 Å². The van der Waals surface area contributed by atoms with Crippen LogP contribution in [0.4, 0.5) is 4.79 Å². The number of likely N-dealkylation sites (N-methyl/N-ethyl adjacent to an activating group) is 1. The third-order valence-electron chi connectivity index (χ3n) is 4.41. The molecule has 3 N–H and O–H groups in total. The second kappa shape index (κ2) is 11.8. The Hall–Kier alpha value is -2.90. The van der Waals surface area contributed by atoms with E-state index in [1.165, 1.54) is 0 Å². The van der Waals surface area contributed by atoms with Crippen molar-refractivity contribution in [3.63, 3.8) is 0 Å². The van der Waals surface area contributed by atoms with Crippen molar-refractivity contribution in [1.82, 2.24) is 15.5 Å². The van der Waals surface area contributed by atoms with E-state index in [1.807, 2.05) is 67.4 Å². The number of hydrogen-bond acceptors (Lipinski definition) is 5. The lowest BCUT2D eigenvalue weighted by atomic mass is 10.1. The summed E-state index contributed by atoms with van der Waals surface area (Å²) in [6, 6.07) is 16.3. The molecule has 156 valence electrons. The summed E-state index contributed by atoms with van der Waals surface area (Å²) < 4.78 is 5.16. The molecule has 7 heteroatoms. The number of alkyl carbamates (subject to hydrolysis) is 1. The van der Waals surface area contributed by atoms with Gasteiger partial charge in [-0.3, -0.25) is 4.90 Å². The Balaban J connectivity index is 1.96. The van der Waals surface area contributed by atoms with Crippen molar-refractivity contribution in [3.05, 3.63) is 71.3 Å². The van der Waals surface area contributed by atoms with Gasteiger partial charge in [-0.2, -0.15) is 0 Å². The molecule has 0 radical (unpaired) electrons. The van der Waals surface area contributed by atoms with Crippen LogP contribution in [0.3, 0.4) is 0 Å². The Kier molecular flexibility index (Phi) is 9.14. The molecule has 29 heavy (non-hydrogen) atoms. The van der Waals surface area contributed by atoms with Crippen LogP contribution in [0.15, 0.2) is 54.6 Å². The molecule has 0 aromatic heterocycles. The maximum absolute atomic E-state index is 12.1. The third kappa shape index (κ3) is 8.33. The molecule has 2 rings (SSSR count). The molecule has 0 aliphatic heterocycles. The molecule has 0 saturated carbocycles. The van der Waals surface area contributed by atoms with E-state index in [-0.39, 0.29) is 13.2 Å². The summed E-state index contributed by atoms with van der Waals surface area (Å²) >= 11 is 0. The minimum absolute atomic E-state index is 0.0891. The first-order chi connectivity index (χ1) is 14.0. The quantitative estimate of drug-likeness (QED) is 0.538. The van der Waals surface area contributed by atoms with Gasteiger partial charge in [0.15, 0.2) is 0 Å². The number of carboxylic acids is 1. The molecule has 0 bridgehead atoms. The highest BCUT2D eigenvalue weighted by Gasteiger charge is 2.24. The average molecular weight is 399 g/mol. The first kappa shape index (κ1) is 22.4. The summed E-state index contributed by atoms with van der Waals surface area (Å²) in [5.74, 6) is -1.10. The summed E-state index contributed by atoms with van der Waals surface area (Å²) in [7, 11) is 1.85. The van der Waals surface area contributed by atoms with Crippen LogP contribution in [0.2, 0.25) is 0 Å². The predicted molar refractivity (Wildman–Crippen MR) is 112 cm³/mol. The maximum Gasteiger partial charge on any atom is 0.408 e. The van der Waals surface area contributed by atoms with Crippen LogP contribution in [-0.4, -0.2) is 54.8 Å². The Bertz CT molecular complexity index is 783. The molecule has 0 aliphatic carbocycles. The number of ether oxygens (including phenoxy) is 1. The highest BCUT2D eigenvalue weighted by atomic mass is 16.5. The molecular formula is C22H29N3O4. The van der Waals surface area contributed by atoms with E-state index < -0.39 is 18.1 Å². The second-order valence-electron chi connectivity index (χ2n) is 6.92. The Labute approximate surface area is 171 Å². The van der Waals surface area contributed by atoms with Crippen molar-refractivity contribution < 1.29 is 19.4 Å². The van der Waals surface area contributed by atoms with Gasteiger partial charge in [-0.15, -0.1) is 0 Å². The van der Waals surface area contributed by atoms with E-state index in [1.54, 1.807) is 0 Å². The van der Waals surface area contributed by atoms with E-state index >= 15 is 0 Å². The van der Waals surface area contributed by atoms with E-state index in [0.29, 0.717) is 19.6 Å². The molecule has 7 nitrogen and oxygen atoms in total. The lowest BCUT2D eigenvalue weighted by Crippen LogP contribution is -2.49. The molecule has 1 atom stereocenters. The fraction of sp³-hybridized carbons (Fsp3) is 0.364. The van der Waals surface area contributed by atoms with Gasteiger partial charge in [-0.1, -0.05) is 60.2 Å². The molecule has 0 unspecified atom stereocenters. The molecule has 1 amide bonds. The summed E-state index contributed by atoms with van der Waals surface area (Å²) in [4.78, 5) is 25.8. The largest absolute Gasteiger partial charge is 0.480 e. The van der Waals surface area contributed by atoms with Crippen molar-refractivity contribution in [2.75, 3.05) is 26.7 Å². The number of carbonyl (C=O) groups is 2. The number of carbonyl (C=O) groups excluding carboxylic acids is 1. The van der Waals surface area contributed by atoms with Gasteiger partial charge < -0.3 is 20.5 Å². The van der Waals surface area contributed by atoms with Gasteiger partial charge in [-0.25, -0.2) is 9.59 Å². The van der Waals surface area contributed by atoms with E-state index in [4.69, 9.17) is 4.74 Å². The van der Waals surface area contributed by atoms with Crippen molar-refractivity contribution in [3.8, 4) is 0 Å². The maximum atomic E-state index is 12.1. The normalized spacial score (nSPS) is 11.8. The number of aryl methyl sites for hydroxylation is 1. The highest BCUT2D eigenvalue weighted by Crippen LogP contribution is 2.09. The zero-order valence-corrected chi connectivity index (χ0v) is 16.9. The SMILES string of the molecule is CNCCN(Cc1cccc(C)c1)C[C@H](NC(=O)OCc1ccccc1)C(=O)O. The lowest BCUT2D eigenvalue weighted by molar-refractivity contribution is -0.139. The Morgan fingerprint density at radius 2 is 1.83 bits per heavy atom. The molecule has 0 spiro atoms. The topological polar surface area (TPSA) is 90.9 Å². The molecule has 0 fully saturated rings. The van der Waals surface area contributed by atoms with Gasteiger partial charge in [0.25, 0.3) is 0 Å². The first-order valence-corrected chi connectivity index (χ1v) is 9.60. The highest BCUT2D eigenvalue weighted by molar-refractivity contribution is 5.80. The average Bonchev–Trinajstić information content (AvgIpc) is 2.70. The first-order valence-electron chi connectivity index (χ1n) is 9.60. The van der Waals surface area contributed by atoms with E-state index in [2.05, 4.69) is 16.7 Å². The van der Waals surface area contributed by atoms with Gasteiger partial charge >= 0.3 is 12.1 Å². The van der Waals surface area contributed by atoms with E-state index in [0.717, 1.165) is 16.7 Å². The van der Waals surface area contributed by atoms with Crippen LogP contribution in [0.25, 0.3) is 0 Å². The number of hydrogen-bond donors (Lipinski definition) is 3. The van der Waals surface area contributed by atoms with Crippen LogP contribution in [0.5, 0.6) is 0 Å². The molecule has 0 saturated heterocycles. The number of rotatable bonds is 11. The van der Waals surface area contributed by atoms with Crippen LogP contribution < -0.4 is 10.6 Å². The monoisotopic (exact) mass is 399 g/mol. The number of benzene rings is 2. The van der Waals surface area contributed by atoms with Gasteiger partial charge in [0.05, 0.1) is 0 Å². The summed E-state index contributed by atoms with van der Waals surface area (Å²) in [6.07, 6.45) is -0.745. The van der Waals surface area contributed by atoms with Crippen LogP contribution in [0.1, 0.15) is 16.7 Å². The van der Waals surface area contributed by atoms with Crippen molar-refractivity contribution in [2.45, 2.75) is 26.1 Å². The molecule has 0 aliphatic rings. The molecule has 2 aromatic rings. The minimum Gasteiger partial charge on any atom is -0.480 e. The molecule has 2 aromatic carbocycles. The van der Waals surface area contributed by atoms with Crippen LogP contribution in [0, 0.1) is 6.92 Å². The van der Waals surface area contributed by atoms with Gasteiger partial charge in [0.1, 0.15) is 12.6 Å². The predicted octanol–water partition coefficient (Wildman–Crippen LogP) is 2.40. The smallest absolute Gasteiger partial charge is 0.408 e. The number of nitrogens with one attached hydrogen (secondary N) is 2. The van der Waals surface area contributed by atoms with Gasteiger partial charge in [-0.05, 0) is 25.1 Å². The molecular weight excluding hydrogens is 370 g/mol. The van der Waals surface area contributed by atoms with Crippen molar-refractivity contribution in [1.29, 1.82) is 0 Å². The summed E-state index contributed by atoms with van der Waals surface area (Å²) in [5.41, 5.74) is 3.08. The summed E-state index contributed by atoms with van der Waals surface area (Å²) in [5, 5.41) is 15.1. The number of aliphatic carboxylic acids is 1. The molecule has 0 heterocycles. The zero-order chi connectivity index (χ0) is 21.1. The standard InChI is InChI=1S/C22H29N3O4/c1-17-7-6-10-19(13-17)14-25(12-11-23-2)15-20(21(26)27)24-22(28)29-16-18-8-4-3-5-9-18/h3-10,13,20,23H,11-12,14-16H2,1-2H3,(H,24,28)(H,26,27)/t20-/m0/s1. The second-order valence-corrected chi connectivity index (χ2v) is 6.92. The van der Waals surface area contributed by atoms with Crippen molar-refractivity contribution >= 4 is 12.1 Å².